The summed E-state index contributed by atoms with van der Waals surface area (Å²) < 4.78 is 15.6. The fourth-order valence-electron chi connectivity index (χ4n) is 7.00. The van der Waals surface area contributed by atoms with Gasteiger partial charge in [-0.1, -0.05) is 57.3 Å². The van der Waals surface area contributed by atoms with E-state index in [9.17, 15) is 68.8 Å². The first-order valence-corrected chi connectivity index (χ1v) is 33.4. The summed E-state index contributed by atoms with van der Waals surface area (Å²) in [4.78, 5) is 118. The number of thiol groups is 1. The molecule has 1 heterocycles. The number of guanidine groups is 2. The van der Waals surface area contributed by atoms with Crippen molar-refractivity contribution in [1.29, 1.82) is 0 Å². The number of nitrogens with two attached hydrogens (primary N) is 6. The molecule has 1 aromatic heterocycles. The lowest BCUT2D eigenvalue weighted by Crippen LogP contribution is -2.49. The van der Waals surface area contributed by atoms with Crippen molar-refractivity contribution in [1.82, 2.24) is 37.2 Å². The molecule has 38 nitrogen and oxygen atoms in total. The van der Waals surface area contributed by atoms with Crippen molar-refractivity contribution < 1.29 is 83.1 Å². The highest BCUT2D eigenvalue weighted by atomic mass is 32.9. The van der Waals surface area contributed by atoms with Crippen LogP contribution in [0.2, 0.25) is 0 Å². The van der Waals surface area contributed by atoms with E-state index in [1.54, 1.807) is 65.9 Å². The number of hydrazone groups is 2. The van der Waals surface area contributed by atoms with E-state index < -0.39 is 82.2 Å². The topological polar surface area (TPSA) is 621 Å². The Labute approximate surface area is 606 Å². The third-order valence-corrected chi connectivity index (χ3v) is 15.9. The minimum Gasteiger partial charge on any atom is -0.480 e. The highest BCUT2D eigenvalue weighted by molar-refractivity contribution is 7.81. The van der Waals surface area contributed by atoms with Gasteiger partial charge in [0.15, 0.2) is 33.7 Å². The standard InChI is InChI=1S/C17H20N4O4S3.C15H21N5O4S.C10H19N5O5S.C8H7NO2S.C7H14N4O4/c1-19-16(18)20-8-2-3-12(15(22)23)21-17(24)25-11-6-4-10(5-7-11)13-9-14(26)28-27-13;1-18-14(17)19-8-2-3-11(13(21)22)20-15(23)24-10-6-4-9(5-7-10)12(16)25;1-6(14-15(19)20)12-4-2-3-8(10(17)18)13-9(16)7(11)5-21;9-8(12)6-1-3-7(4-2-6)11-5-10;1-5(10-11(14)15)9-4-2-3-6(8)7(12)13/h4-7,9,12H,2-3,8H2,1H3,(H,21,24)(H,22,23)(H3,18,19,20);4-7,11H,2-3,8H2,1H3,(H2,16,25)(H,20,23)(H,21,22)(H3,17,18,19);7-8,21H,2-5,11H2,1H3,(H,12,14)(H,13,16)(H,17,18);1-5H,(H2,9,12);6H,2-4,8H2,1H3,(H,9,10)(H,12,13). The van der Waals surface area contributed by atoms with E-state index in [2.05, 4.69) is 74.8 Å². The third kappa shape index (κ3) is 43.6. The van der Waals surface area contributed by atoms with E-state index in [4.69, 9.17) is 90.7 Å². The van der Waals surface area contributed by atoms with Crippen LogP contribution in [-0.2, 0) is 28.8 Å². The van der Waals surface area contributed by atoms with Gasteiger partial charge in [-0.05, 0) is 150 Å². The first-order chi connectivity index (χ1) is 47.7. The molecule has 0 aliphatic rings. The van der Waals surface area contributed by atoms with Gasteiger partial charge in [0.2, 0.25) is 5.91 Å². The number of nitrogens with zero attached hydrogens (tertiary/aromatic N) is 6. The Bertz CT molecular complexity index is 3530. The maximum Gasteiger partial charge on any atom is 0.413 e. The van der Waals surface area contributed by atoms with Gasteiger partial charge in [-0.15, -0.1) is 0 Å². The second kappa shape index (κ2) is 51.8. The van der Waals surface area contributed by atoms with Crippen LogP contribution < -0.4 is 85.8 Å². The summed E-state index contributed by atoms with van der Waals surface area (Å²) in [5.41, 5.74) is 34.8. The number of hydrogen-bond acceptors (Lipinski definition) is 25. The zero-order valence-electron chi connectivity index (χ0n) is 54.7. The summed E-state index contributed by atoms with van der Waals surface area (Å²) in [5, 5.41) is 78.2. The van der Waals surface area contributed by atoms with Crippen molar-refractivity contribution in [3.63, 3.8) is 0 Å². The van der Waals surface area contributed by atoms with Crippen molar-refractivity contribution in [3.8, 4) is 27.7 Å². The summed E-state index contributed by atoms with van der Waals surface area (Å²) in [7, 11) is 6.18. The van der Waals surface area contributed by atoms with Crippen LogP contribution in [0.1, 0.15) is 76.3 Å². The summed E-state index contributed by atoms with van der Waals surface area (Å²) in [6.45, 7) is 4.83. The van der Waals surface area contributed by atoms with Gasteiger partial charge in [0.1, 0.15) is 55.2 Å². The molecule has 0 saturated heterocycles. The van der Waals surface area contributed by atoms with E-state index in [0.29, 0.717) is 86.8 Å². The number of carbonyl (C=O) groups is 8. The van der Waals surface area contributed by atoms with Crippen LogP contribution in [0.4, 0.5) is 9.59 Å². The maximum atomic E-state index is 12.0. The molecule has 0 bridgehead atoms. The van der Waals surface area contributed by atoms with Gasteiger partial charge >= 0.3 is 36.1 Å². The number of carbonyl (C=O) groups excluding carboxylic acids is 4. The lowest BCUT2D eigenvalue weighted by molar-refractivity contribution is -0.485. The zero-order chi connectivity index (χ0) is 76.6. The zero-order valence-corrected chi connectivity index (χ0v) is 59.7. The Morgan fingerprint density at radius 1 is 0.574 bits per heavy atom. The highest BCUT2D eigenvalue weighted by Crippen LogP contribution is 2.30. The molecule has 0 aliphatic heterocycles. The Morgan fingerprint density at radius 2 is 0.941 bits per heavy atom. The van der Waals surface area contributed by atoms with Crippen LogP contribution >= 0.6 is 70.0 Å². The molecule has 3 amide bonds. The predicted octanol–water partition coefficient (Wildman–Crippen LogP) is 2.27. The molecule has 5 atom stereocenters. The molecule has 23 N–H and O–H groups in total. The largest absolute Gasteiger partial charge is 0.480 e. The van der Waals surface area contributed by atoms with Crippen LogP contribution in [-0.4, -0.2) is 189 Å². The SMILES string of the molecule is C/C(=N\[N+](=O)[O-])NCCCC(N)C(=O)O.C/C(=N\[N+](=O)[O-])NCCCC(NC(=O)C(N)CS)C(=O)O.CN=C(N)NCCCC(NC(=O)Oc1ccc(-c2cc(=S)ss2)cc1)C(=O)O.CN=C(N)NCCCC(NC(=O)Oc1ccc(C(N)=S)cc1)C(=O)O.NC(=S)c1ccc(OC=O)cc1. The van der Waals surface area contributed by atoms with Crippen LogP contribution in [0.25, 0.3) is 10.4 Å². The maximum absolute atomic E-state index is 12.0. The second-order valence-electron chi connectivity index (χ2n) is 19.8. The lowest BCUT2D eigenvalue weighted by atomic mass is 10.1. The van der Waals surface area contributed by atoms with Gasteiger partial charge in [-0.2, -0.15) is 12.6 Å². The number of aliphatic carboxylic acids is 4. The smallest absolute Gasteiger partial charge is 0.413 e. The Morgan fingerprint density at radius 3 is 1.27 bits per heavy atom. The second-order valence-corrected chi connectivity index (χ2v) is 24.0. The number of hydrogen-bond donors (Lipinski definition) is 18. The first-order valence-electron chi connectivity index (χ1n) is 29.4. The number of amides is 3. The molecule has 554 valence electrons. The van der Waals surface area contributed by atoms with Crippen LogP contribution in [0.5, 0.6) is 17.2 Å². The van der Waals surface area contributed by atoms with Gasteiger partial charge in [-0.3, -0.25) is 24.4 Å². The number of benzene rings is 3. The van der Waals surface area contributed by atoms with Crippen molar-refractivity contribution in [2.24, 2.45) is 54.6 Å². The number of amidine groups is 2. The molecule has 0 aliphatic carbocycles. The number of ether oxygens (including phenoxy) is 3. The molecule has 0 fully saturated rings. The molecule has 0 radical (unpaired) electrons. The number of nitrogens with one attached hydrogen (secondary N) is 7. The summed E-state index contributed by atoms with van der Waals surface area (Å²) in [6, 6.07) is 16.7. The number of nitro groups is 2. The van der Waals surface area contributed by atoms with Gasteiger partial charge < -0.3 is 106 Å². The Kier molecular flexibility index (Phi) is 46.4. The molecule has 4 rings (SSSR count). The van der Waals surface area contributed by atoms with Crippen LogP contribution in [0, 0.1) is 24.1 Å². The lowest BCUT2D eigenvalue weighted by Gasteiger charge is -2.16. The van der Waals surface area contributed by atoms with Crippen molar-refractivity contribution in [2.45, 2.75) is 95.4 Å². The highest BCUT2D eigenvalue weighted by Gasteiger charge is 2.24. The summed E-state index contributed by atoms with van der Waals surface area (Å²) in [6.07, 6.45) is 1.03. The number of carboxylic acid groups (broad SMARTS) is 4. The normalized spacial score (nSPS) is 12.4. The van der Waals surface area contributed by atoms with E-state index in [1.807, 2.05) is 18.2 Å². The fourth-order valence-corrected chi connectivity index (χ4v) is 9.84. The Hall–Kier alpha value is -10.4. The van der Waals surface area contributed by atoms with Gasteiger partial charge in [0.05, 0.1) is 16.2 Å². The number of thiocarbonyl (C=S) groups is 2. The molecule has 5 unspecified atom stereocenters. The predicted molar refractivity (Wildman–Crippen MR) is 392 cm³/mol. The average molecular weight is 1530 g/mol. The summed E-state index contributed by atoms with van der Waals surface area (Å²) in [5.74, 6) is -3.12. The van der Waals surface area contributed by atoms with Crippen molar-refractivity contribution in [3.05, 3.63) is 114 Å². The summed E-state index contributed by atoms with van der Waals surface area (Å²) >= 11 is 18.5. The van der Waals surface area contributed by atoms with Gasteiger partial charge in [0, 0.05) is 62.0 Å². The van der Waals surface area contributed by atoms with E-state index in [1.165, 1.54) is 43.4 Å². The van der Waals surface area contributed by atoms with Crippen molar-refractivity contribution >= 4 is 152 Å². The van der Waals surface area contributed by atoms with Gasteiger partial charge in [0.25, 0.3) is 6.47 Å². The number of carboxylic acids is 4. The minimum absolute atomic E-state index is 0.107. The fraction of sp³-hybridized carbons (Fsp3) is 0.386. The molecular formula is C57H81N19O19S6. The molecule has 0 saturated carbocycles. The molecule has 44 heteroatoms. The Balaban J connectivity index is 0.00000127. The van der Waals surface area contributed by atoms with E-state index in [0.717, 1.165) is 19.8 Å². The molecule has 0 spiro atoms. The van der Waals surface area contributed by atoms with Crippen LogP contribution in [0.15, 0.2) is 99.1 Å². The number of aliphatic imine (C=N–C) groups is 2. The average Bonchev–Trinajstić information content (AvgIpc) is 1.80. The van der Waals surface area contributed by atoms with E-state index in [-0.39, 0.29) is 59.3 Å². The van der Waals surface area contributed by atoms with E-state index >= 15 is 0 Å². The van der Waals surface area contributed by atoms with Crippen LogP contribution in [0.3, 0.4) is 0 Å². The molecule has 3 aromatic carbocycles. The molecule has 101 heavy (non-hydrogen) atoms. The number of rotatable bonds is 34. The third-order valence-electron chi connectivity index (χ3n) is 12.1. The van der Waals surface area contributed by atoms with Gasteiger partial charge in [-0.25, -0.2) is 44.2 Å². The molecular weight excluding hydrogens is 1450 g/mol. The minimum atomic E-state index is -1.18. The van der Waals surface area contributed by atoms with Crippen molar-refractivity contribution in [2.75, 3.05) is 46.0 Å². The monoisotopic (exact) mass is 1530 g/mol. The molecule has 4 aromatic rings. The first kappa shape index (κ1) is 90.6. The quantitative estimate of drug-likeness (QED) is 0.00367.